The molecule has 0 atom stereocenters. The van der Waals surface area contributed by atoms with Crippen LogP contribution in [0.4, 0.5) is 10.1 Å². The van der Waals surface area contributed by atoms with Crippen molar-refractivity contribution in [1.82, 2.24) is 0 Å². The normalized spacial score (nSPS) is 10.0. The lowest BCUT2D eigenvalue weighted by Crippen LogP contribution is -2.12. The number of hydrogen-bond donors (Lipinski definition) is 1. The Morgan fingerprint density at radius 1 is 1.00 bits per heavy atom. The predicted octanol–water partition coefficient (Wildman–Crippen LogP) is 3.33. The summed E-state index contributed by atoms with van der Waals surface area (Å²) in [6.45, 7) is 0.938. The summed E-state index contributed by atoms with van der Waals surface area (Å²) in [6.07, 6.45) is 0. The molecule has 19 heavy (non-hydrogen) atoms. The highest BCUT2D eigenvalue weighted by molar-refractivity contribution is 5.56. The van der Waals surface area contributed by atoms with Crippen molar-refractivity contribution >= 4 is 5.69 Å². The van der Waals surface area contributed by atoms with Crippen molar-refractivity contribution < 1.29 is 13.9 Å². The molecule has 2 aromatic rings. The summed E-state index contributed by atoms with van der Waals surface area (Å²) in [5.74, 6) is 0.692. The molecule has 0 aliphatic rings. The van der Waals surface area contributed by atoms with Gasteiger partial charge in [-0.15, -0.1) is 0 Å². The van der Waals surface area contributed by atoms with Gasteiger partial charge in [0.05, 0.1) is 12.8 Å². The van der Waals surface area contributed by atoms with E-state index < -0.39 is 0 Å². The summed E-state index contributed by atoms with van der Waals surface area (Å²) in [4.78, 5) is 0. The van der Waals surface area contributed by atoms with Crippen molar-refractivity contribution in [2.75, 3.05) is 25.6 Å². The van der Waals surface area contributed by atoms with Crippen LogP contribution in [0.1, 0.15) is 0 Å². The zero-order valence-corrected chi connectivity index (χ0v) is 10.7. The van der Waals surface area contributed by atoms with E-state index in [9.17, 15) is 4.39 Å². The molecule has 0 amide bonds. The molecule has 0 radical (unpaired) electrons. The molecule has 0 spiro atoms. The van der Waals surface area contributed by atoms with Gasteiger partial charge in [0.15, 0.2) is 11.6 Å². The third-order valence-electron chi connectivity index (χ3n) is 2.62. The average molecular weight is 261 g/mol. The largest absolute Gasteiger partial charge is 0.495 e. The molecule has 3 nitrogen and oxygen atoms in total. The number of para-hydroxylation sites is 3. The Hall–Kier alpha value is -2.23. The van der Waals surface area contributed by atoms with Crippen molar-refractivity contribution in [2.45, 2.75) is 0 Å². The quantitative estimate of drug-likeness (QED) is 0.809. The second kappa shape index (κ2) is 6.64. The number of methoxy groups -OCH3 is 1. The molecule has 0 aromatic heterocycles. The SMILES string of the molecule is COc1ccccc1NCCOc1ccccc1F. The molecule has 0 heterocycles. The summed E-state index contributed by atoms with van der Waals surface area (Å²) in [5, 5.41) is 3.18. The lowest BCUT2D eigenvalue weighted by atomic mass is 10.3. The predicted molar refractivity (Wildman–Crippen MR) is 73.4 cm³/mol. The molecule has 4 heteroatoms. The second-order valence-corrected chi connectivity index (χ2v) is 3.91. The third-order valence-corrected chi connectivity index (χ3v) is 2.62. The minimum Gasteiger partial charge on any atom is -0.495 e. The van der Waals surface area contributed by atoms with Gasteiger partial charge in [-0.1, -0.05) is 24.3 Å². The summed E-state index contributed by atoms with van der Waals surface area (Å²) >= 11 is 0. The first-order valence-electron chi connectivity index (χ1n) is 6.05. The molecular formula is C15H16FNO2. The molecule has 0 aliphatic heterocycles. The Kier molecular flexibility index (Phi) is 4.61. The first-order valence-corrected chi connectivity index (χ1v) is 6.05. The molecule has 2 aromatic carbocycles. The highest BCUT2D eigenvalue weighted by Gasteiger charge is 2.02. The highest BCUT2D eigenvalue weighted by atomic mass is 19.1. The average Bonchev–Trinajstić information content (AvgIpc) is 2.45. The molecule has 0 aliphatic carbocycles. The van der Waals surface area contributed by atoms with Crippen LogP contribution in [0.15, 0.2) is 48.5 Å². The van der Waals surface area contributed by atoms with Crippen LogP contribution in [-0.2, 0) is 0 Å². The maximum Gasteiger partial charge on any atom is 0.165 e. The van der Waals surface area contributed by atoms with Crippen LogP contribution in [0.3, 0.4) is 0 Å². The fraction of sp³-hybridized carbons (Fsp3) is 0.200. The zero-order chi connectivity index (χ0) is 13.5. The molecule has 0 unspecified atom stereocenters. The number of hydrogen-bond acceptors (Lipinski definition) is 3. The van der Waals surface area contributed by atoms with Crippen LogP contribution < -0.4 is 14.8 Å². The van der Waals surface area contributed by atoms with E-state index in [4.69, 9.17) is 9.47 Å². The molecular weight excluding hydrogens is 245 g/mol. The minimum atomic E-state index is -0.347. The van der Waals surface area contributed by atoms with Crippen LogP contribution in [0.2, 0.25) is 0 Å². The van der Waals surface area contributed by atoms with E-state index in [1.807, 2.05) is 24.3 Å². The van der Waals surface area contributed by atoms with Crippen LogP contribution in [0.25, 0.3) is 0 Å². The van der Waals surface area contributed by atoms with Gasteiger partial charge in [0.2, 0.25) is 0 Å². The van der Waals surface area contributed by atoms with E-state index in [-0.39, 0.29) is 11.6 Å². The van der Waals surface area contributed by atoms with E-state index >= 15 is 0 Å². The second-order valence-electron chi connectivity index (χ2n) is 3.91. The van der Waals surface area contributed by atoms with Gasteiger partial charge in [0.25, 0.3) is 0 Å². The molecule has 0 bridgehead atoms. The van der Waals surface area contributed by atoms with E-state index in [0.29, 0.717) is 13.2 Å². The first-order chi connectivity index (χ1) is 9.31. The third kappa shape index (κ3) is 3.61. The standard InChI is InChI=1S/C15H16FNO2/c1-18-15-9-5-3-7-13(15)17-10-11-19-14-8-4-2-6-12(14)16/h2-9,17H,10-11H2,1H3. The highest BCUT2D eigenvalue weighted by Crippen LogP contribution is 2.22. The summed E-state index contributed by atoms with van der Waals surface area (Å²) < 4.78 is 23.9. The lowest BCUT2D eigenvalue weighted by molar-refractivity contribution is 0.315. The number of halogens is 1. The fourth-order valence-corrected chi connectivity index (χ4v) is 1.70. The molecule has 1 N–H and O–H groups in total. The molecule has 100 valence electrons. The van der Waals surface area contributed by atoms with Crippen molar-refractivity contribution in [3.05, 3.63) is 54.3 Å². The van der Waals surface area contributed by atoms with Gasteiger partial charge in [0, 0.05) is 6.54 Å². The number of anilines is 1. The lowest BCUT2D eigenvalue weighted by Gasteiger charge is -2.11. The van der Waals surface area contributed by atoms with Gasteiger partial charge in [0.1, 0.15) is 12.4 Å². The maximum absolute atomic E-state index is 13.3. The Morgan fingerprint density at radius 2 is 1.68 bits per heavy atom. The van der Waals surface area contributed by atoms with Gasteiger partial charge < -0.3 is 14.8 Å². The Bertz CT molecular complexity index is 531. The summed E-state index contributed by atoms with van der Waals surface area (Å²) in [7, 11) is 1.62. The fourth-order valence-electron chi connectivity index (χ4n) is 1.70. The smallest absolute Gasteiger partial charge is 0.165 e. The number of rotatable bonds is 6. The van der Waals surface area contributed by atoms with Gasteiger partial charge >= 0.3 is 0 Å². The molecule has 0 fully saturated rings. The maximum atomic E-state index is 13.3. The van der Waals surface area contributed by atoms with Crippen LogP contribution in [-0.4, -0.2) is 20.3 Å². The Morgan fingerprint density at radius 3 is 2.42 bits per heavy atom. The van der Waals surface area contributed by atoms with Crippen molar-refractivity contribution in [2.24, 2.45) is 0 Å². The summed E-state index contributed by atoms with van der Waals surface area (Å²) in [6, 6.07) is 14.0. The molecule has 2 rings (SSSR count). The van der Waals surface area contributed by atoms with Crippen molar-refractivity contribution in [1.29, 1.82) is 0 Å². The van der Waals surface area contributed by atoms with Gasteiger partial charge in [-0.05, 0) is 24.3 Å². The Labute approximate surface area is 112 Å². The summed E-state index contributed by atoms with van der Waals surface area (Å²) in [5.41, 5.74) is 0.891. The topological polar surface area (TPSA) is 30.5 Å². The number of ether oxygens (including phenoxy) is 2. The van der Waals surface area contributed by atoms with E-state index in [2.05, 4.69) is 5.32 Å². The van der Waals surface area contributed by atoms with Gasteiger partial charge in [-0.25, -0.2) is 4.39 Å². The van der Waals surface area contributed by atoms with E-state index in [1.54, 1.807) is 25.3 Å². The monoisotopic (exact) mass is 261 g/mol. The minimum absolute atomic E-state index is 0.268. The van der Waals surface area contributed by atoms with Crippen molar-refractivity contribution in [3.63, 3.8) is 0 Å². The van der Waals surface area contributed by atoms with Gasteiger partial charge in [-0.2, -0.15) is 0 Å². The number of nitrogens with one attached hydrogen (secondary N) is 1. The van der Waals surface area contributed by atoms with Gasteiger partial charge in [-0.3, -0.25) is 0 Å². The molecule has 0 saturated carbocycles. The van der Waals surface area contributed by atoms with Crippen LogP contribution in [0.5, 0.6) is 11.5 Å². The zero-order valence-electron chi connectivity index (χ0n) is 10.7. The van der Waals surface area contributed by atoms with E-state index in [1.165, 1.54) is 6.07 Å². The van der Waals surface area contributed by atoms with Crippen molar-refractivity contribution in [3.8, 4) is 11.5 Å². The molecule has 0 saturated heterocycles. The first kappa shape index (κ1) is 13.2. The Balaban J connectivity index is 1.83. The van der Waals surface area contributed by atoms with Crippen LogP contribution >= 0.6 is 0 Å². The van der Waals surface area contributed by atoms with E-state index in [0.717, 1.165) is 11.4 Å². The number of benzene rings is 2. The van der Waals surface area contributed by atoms with Crippen LogP contribution in [0, 0.1) is 5.82 Å².